The zero-order chi connectivity index (χ0) is 13.9. The van der Waals surface area contributed by atoms with Gasteiger partial charge in [-0.05, 0) is 39.7 Å². The van der Waals surface area contributed by atoms with Crippen LogP contribution >= 0.6 is 0 Å². The Balaban J connectivity index is 3.42. The van der Waals surface area contributed by atoms with E-state index in [1.807, 2.05) is 0 Å². The highest BCUT2D eigenvalue weighted by atomic mass is 16.5. The minimum atomic E-state index is -0.829. The summed E-state index contributed by atoms with van der Waals surface area (Å²) in [5.74, 6) is -0.807. The Bertz CT molecular complexity index is 223. The lowest BCUT2D eigenvalue weighted by Crippen LogP contribution is -2.47. The van der Waals surface area contributed by atoms with Crippen molar-refractivity contribution in [2.24, 2.45) is 0 Å². The summed E-state index contributed by atoms with van der Waals surface area (Å²) in [4.78, 5) is 11.0. The van der Waals surface area contributed by atoms with E-state index in [0.717, 1.165) is 25.9 Å². The van der Waals surface area contributed by atoms with E-state index in [-0.39, 0.29) is 0 Å². The second kappa shape index (κ2) is 10.3. The Morgan fingerprint density at radius 1 is 1.17 bits per heavy atom. The molecule has 0 rings (SSSR count). The zero-order valence-electron chi connectivity index (χ0n) is 11.8. The van der Waals surface area contributed by atoms with E-state index < -0.39 is 11.5 Å². The molecule has 0 saturated carbocycles. The topological polar surface area (TPSA) is 67.8 Å². The first-order chi connectivity index (χ1) is 8.56. The van der Waals surface area contributed by atoms with Crippen molar-refractivity contribution < 1.29 is 19.4 Å². The maximum atomic E-state index is 11.0. The number of hydrogen-bond donors (Lipinski definition) is 2. The average molecular weight is 261 g/mol. The summed E-state index contributed by atoms with van der Waals surface area (Å²) in [6, 6.07) is 0. The number of carboxylic acids is 1. The molecule has 0 radical (unpaired) electrons. The third kappa shape index (κ3) is 7.63. The lowest BCUT2D eigenvalue weighted by Gasteiger charge is -2.23. The molecule has 0 amide bonds. The van der Waals surface area contributed by atoms with Crippen molar-refractivity contribution in [3.63, 3.8) is 0 Å². The first kappa shape index (κ1) is 17.4. The molecule has 0 aliphatic rings. The van der Waals surface area contributed by atoms with Crippen LogP contribution < -0.4 is 5.32 Å². The molecule has 0 aromatic rings. The van der Waals surface area contributed by atoms with Gasteiger partial charge >= 0.3 is 5.97 Å². The van der Waals surface area contributed by atoms with Crippen LogP contribution in [0.5, 0.6) is 0 Å². The van der Waals surface area contributed by atoms with Crippen molar-refractivity contribution in [1.82, 2.24) is 5.32 Å². The van der Waals surface area contributed by atoms with Crippen molar-refractivity contribution in [3.8, 4) is 0 Å². The van der Waals surface area contributed by atoms with E-state index in [0.29, 0.717) is 26.2 Å². The molecular weight excluding hydrogens is 234 g/mol. The fourth-order valence-electron chi connectivity index (χ4n) is 1.49. The highest BCUT2D eigenvalue weighted by Gasteiger charge is 2.29. The van der Waals surface area contributed by atoms with Gasteiger partial charge in [-0.2, -0.15) is 0 Å². The molecular formula is C13H27NO4. The molecule has 1 unspecified atom stereocenters. The zero-order valence-corrected chi connectivity index (χ0v) is 11.8. The van der Waals surface area contributed by atoms with Crippen LogP contribution in [0.1, 0.15) is 39.5 Å². The van der Waals surface area contributed by atoms with Gasteiger partial charge in [-0.1, -0.05) is 6.92 Å². The van der Waals surface area contributed by atoms with Crippen LogP contribution in [0.15, 0.2) is 0 Å². The summed E-state index contributed by atoms with van der Waals surface area (Å²) in [5, 5.41) is 11.9. The standard InChI is InChI=1S/C13H27NO4/c1-4-8-17-10-11-18-9-6-5-7-13(2,14-3)12(15)16/h14H,4-11H2,1-3H3,(H,15,16). The number of carbonyl (C=O) groups is 1. The van der Waals surface area contributed by atoms with Gasteiger partial charge in [-0.15, -0.1) is 0 Å². The fraction of sp³-hybridized carbons (Fsp3) is 0.923. The highest BCUT2D eigenvalue weighted by Crippen LogP contribution is 2.13. The van der Waals surface area contributed by atoms with Crippen LogP contribution in [0.25, 0.3) is 0 Å². The number of hydrogen-bond acceptors (Lipinski definition) is 4. The normalized spacial score (nSPS) is 14.4. The van der Waals surface area contributed by atoms with E-state index in [1.165, 1.54) is 0 Å². The van der Waals surface area contributed by atoms with Gasteiger partial charge in [-0.3, -0.25) is 4.79 Å². The van der Waals surface area contributed by atoms with Crippen molar-refractivity contribution in [2.75, 3.05) is 33.5 Å². The predicted octanol–water partition coefficient (Wildman–Crippen LogP) is 1.66. The van der Waals surface area contributed by atoms with E-state index >= 15 is 0 Å². The minimum absolute atomic E-state index is 0.606. The highest BCUT2D eigenvalue weighted by molar-refractivity contribution is 5.78. The molecule has 0 heterocycles. The van der Waals surface area contributed by atoms with Gasteiger partial charge in [0.15, 0.2) is 0 Å². The Morgan fingerprint density at radius 2 is 1.78 bits per heavy atom. The lowest BCUT2D eigenvalue weighted by molar-refractivity contribution is -0.144. The molecule has 0 aromatic heterocycles. The summed E-state index contributed by atoms with van der Waals surface area (Å²) in [6.45, 7) is 6.47. The smallest absolute Gasteiger partial charge is 0.323 e. The quantitative estimate of drug-likeness (QED) is 0.523. The van der Waals surface area contributed by atoms with Gasteiger partial charge in [0.1, 0.15) is 5.54 Å². The largest absolute Gasteiger partial charge is 0.480 e. The van der Waals surface area contributed by atoms with Crippen molar-refractivity contribution in [3.05, 3.63) is 0 Å². The number of nitrogens with one attached hydrogen (secondary N) is 1. The summed E-state index contributed by atoms with van der Waals surface area (Å²) >= 11 is 0. The third-order valence-corrected chi connectivity index (χ3v) is 2.96. The first-order valence-electron chi connectivity index (χ1n) is 6.64. The number of ether oxygens (including phenoxy) is 2. The van der Waals surface area contributed by atoms with Crippen LogP contribution in [0.4, 0.5) is 0 Å². The van der Waals surface area contributed by atoms with Crippen LogP contribution in [-0.4, -0.2) is 50.1 Å². The summed E-state index contributed by atoms with van der Waals surface area (Å²) < 4.78 is 10.7. The molecule has 18 heavy (non-hydrogen) atoms. The lowest BCUT2D eigenvalue weighted by atomic mass is 9.95. The monoisotopic (exact) mass is 261 g/mol. The number of aliphatic carboxylic acids is 1. The summed E-state index contributed by atoms with van der Waals surface area (Å²) in [6.07, 6.45) is 3.34. The van der Waals surface area contributed by atoms with Gasteiger partial charge in [0.2, 0.25) is 0 Å². The molecule has 1 atom stereocenters. The van der Waals surface area contributed by atoms with Crippen molar-refractivity contribution in [2.45, 2.75) is 45.1 Å². The maximum Gasteiger partial charge on any atom is 0.323 e. The number of unbranched alkanes of at least 4 members (excludes halogenated alkanes) is 1. The molecule has 0 aliphatic carbocycles. The van der Waals surface area contributed by atoms with Crippen LogP contribution in [0.2, 0.25) is 0 Å². The first-order valence-corrected chi connectivity index (χ1v) is 6.64. The Hall–Kier alpha value is -0.650. The molecule has 0 aliphatic heterocycles. The molecule has 0 saturated heterocycles. The predicted molar refractivity (Wildman–Crippen MR) is 70.9 cm³/mol. The van der Waals surface area contributed by atoms with Crippen molar-refractivity contribution >= 4 is 5.97 Å². The second-order valence-corrected chi connectivity index (χ2v) is 4.57. The Kier molecular flexibility index (Phi) is 9.92. The molecule has 0 bridgehead atoms. The molecule has 5 heteroatoms. The molecule has 0 aromatic carbocycles. The maximum absolute atomic E-state index is 11.0. The minimum Gasteiger partial charge on any atom is -0.480 e. The molecule has 108 valence electrons. The second-order valence-electron chi connectivity index (χ2n) is 4.57. The molecule has 0 fully saturated rings. The summed E-state index contributed by atoms with van der Waals surface area (Å²) in [7, 11) is 1.68. The average Bonchev–Trinajstić information content (AvgIpc) is 2.36. The van der Waals surface area contributed by atoms with E-state index in [9.17, 15) is 4.79 Å². The van der Waals surface area contributed by atoms with E-state index in [1.54, 1.807) is 14.0 Å². The van der Waals surface area contributed by atoms with Crippen LogP contribution in [0, 0.1) is 0 Å². The molecule has 0 spiro atoms. The van der Waals surface area contributed by atoms with E-state index in [4.69, 9.17) is 14.6 Å². The van der Waals surface area contributed by atoms with Gasteiger partial charge < -0.3 is 19.9 Å². The number of likely N-dealkylation sites (N-methyl/N-ethyl adjacent to an activating group) is 1. The molecule has 2 N–H and O–H groups in total. The Morgan fingerprint density at radius 3 is 2.28 bits per heavy atom. The van der Waals surface area contributed by atoms with Crippen LogP contribution in [0.3, 0.4) is 0 Å². The Labute approximate surface area is 110 Å². The molecule has 5 nitrogen and oxygen atoms in total. The number of rotatable bonds is 12. The van der Waals surface area contributed by atoms with Gasteiger partial charge in [-0.25, -0.2) is 0 Å². The van der Waals surface area contributed by atoms with Gasteiger partial charge in [0.05, 0.1) is 13.2 Å². The third-order valence-electron chi connectivity index (χ3n) is 2.96. The fourth-order valence-corrected chi connectivity index (χ4v) is 1.49. The SMILES string of the molecule is CCCOCCOCCCCC(C)(NC)C(=O)O. The number of carboxylic acid groups (broad SMARTS) is 1. The summed E-state index contributed by atoms with van der Waals surface area (Å²) in [5.41, 5.74) is -0.829. The van der Waals surface area contributed by atoms with Crippen LogP contribution in [-0.2, 0) is 14.3 Å². The van der Waals surface area contributed by atoms with E-state index in [2.05, 4.69) is 12.2 Å². The van der Waals surface area contributed by atoms with Gasteiger partial charge in [0.25, 0.3) is 0 Å². The van der Waals surface area contributed by atoms with Gasteiger partial charge in [0, 0.05) is 13.2 Å². The van der Waals surface area contributed by atoms with Crippen molar-refractivity contribution in [1.29, 1.82) is 0 Å².